The molecule has 1 rings (SSSR count). The first kappa shape index (κ1) is 12.4. The van der Waals surface area contributed by atoms with Crippen molar-refractivity contribution in [3.8, 4) is 0 Å². The van der Waals surface area contributed by atoms with E-state index >= 15 is 0 Å². The Balaban J connectivity index is 2.60. The molecular formula is C10H18O5. The van der Waals surface area contributed by atoms with Gasteiger partial charge in [-0.15, -0.1) is 0 Å². The van der Waals surface area contributed by atoms with Gasteiger partial charge in [0.25, 0.3) is 0 Å². The molecule has 0 amide bonds. The Labute approximate surface area is 89.0 Å². The molecular weight excluding hydrogens is 200 g/mol. The van der Waals surface area contributed by atoms with E-state index in [0.717, 1.165) is 0 Å². The number of methoxy groups -OCH3 is 1. The van der Waals surface area contributed by atoms with Gasteiger partial charge in [0.05, 0.1) is 18.1 Å². The predicted molar refractivity (Wildman–Crippen MR) is 52.6 cm³/mol. The Bertz CT molecular complexity index is 210. The quantitative estimate of drug-likeness (QED) is 0.692. The zero-order valence-electron chi connectivity index (χ0n) is 8.94. The van der Waals surface area contributed by atoms with Crippen LogP contribution in [0.4, 0.5) is 0 Å². The number of hydrogen-bond donors (Lipinski definition) is 2. The number of carboxylic acids is 1. The van der Waals surface area contributed by atoms with Crippen LogP contribution < -0.4 is 0 Å². The molecule has 0 aromatic heterocycles. The second kappa shape index (κ2) is 5.44. The summed E-state index contributed by atoms with van der Waals surface area (Å²) in [5.74, 6) is -0.846. The van der Waals surface area contributed by atoms with Crippen molar-refractivity contribution in [2.75, 3.05) is 26.9 Å². The molecule has 0 aromatic rings. The minimum absolute atomic E-state index is 0.176. The zero-order chi connectivity index (χ0) is 11.3. The van der Waals surface area contributed by atoms with Gasteiger partial charge < -0.3 is 19.7 Å². The summed E-state index contributed by atoms with van der Waals surface area (Å²) < 4.78 is 9.94. The van der Waals surface area contributed by atoms with Crippen LogP contribution >= 0.6 is 0 Å². The first-order valence-electron chi connectivity index (χ1n) is 5.09. The Morgan fingerprint density at radius 3 is 2.60 bits per heavy atom. The van der Waals surface area contributed by atoms with Crippen LogP contribution in [0.15, 0.2) is 0 Å². The number of carbonyl (C=O) groups is 1. The summed E-state index contributed by atoms with van der Waals surface area (Å²) in [6, 6.07) is 0. The van der Waals surface area contributed by atoms with E-state index in [2.05, 4.69) is 0 Å². The first-order valence-corrected chi connectivity index (χ1v) is 5.09. The van der Waals surface area contributed by atoms with Crippen molar-refractivity contribution in [2.24, 2.45) is 5.41 Å². The Morgan fingerprint density at radius 2 is 2.13 bits per heavy atom. The molecule has 1 heterocycles. The van der Waals surface area contributed by atoms with Crippen molar-refractivity contribution in [1.29, 1.82) is 0 Å². The molecule has 1 fully saturated rings. The smallest absolute Gasteiger partial charge is 0.309 e. The molecule has 1 aliphatic rings. The van der Waals surface area contributed by atoms with Crippen molar-refractivity contribution in [2.45, 2.75) is 25.4 Å². The predicted octanol–water partition coefficient (Wildman–Crippen LogP) is 0.265. The van der Waals surface area contributed by atoms with Gasteiger partial charge in [-0.25, -0.2) is 0 Å². The van der Waals surface area contributed by atoms with Gasteiger partial charge in [-0.3, -0.25) is 4.79 Å². The maximum absolute atomic E-state index is 11.2. The summed E-state index contributed by atoms with van der Waals surface area (Å²) in [7, 11) is 1.49. The number of rotatable bonds is 5. The van der Waals surface area contributed by atoms with Gasteiger partial charge in [-0.2, -0.15) is 0 Å². The minimum atomic E-state index is -0.846. The summed E-state index contributed by atoms with van der Waals surface area (Å²) >= 11 is 0. The second-order valence-corrected chi connectivity index (χ2v) is 4.01. The summed E-state index contributed by atoms with van der Waals surface area (Å²) in [4.78, 5) is 11.2. The lowest BCUT2D eigenvalue weighted by molar-refractivity contribution is -0.158. The van der Waals surface area contributed by atoms with Crippen LogP contribution in [-0.2, 0) is 14.3 Å². The highest BCUT2D eigenvalue weighted by atomic mass is 16.5. The van der Waals surface area contributed by atoms with Gasteiger partial charge in [0, 0.05) is 20.3 Å². The van der Waals surface area contributed by atoms with E-state index in [4.69, 9.17) is 9.47 Å². The number of ether oxygens (including phenoxy) is 2. The average molecular weight is 218 g/mol. The lowest BCUT2D eigenvalue weighted by Crippen LogP contribution is -2.40. The van der Waals surface area contributed by atoms with Crippen molar-refractivity contribution in [3.63, 3.8) is 0 Å². The molecule has 0 aromatic carbocycles. The number of aliphatic carboxylic acids is 1. The molecule has 1 unspecified atom stereocenters. The zero-order valence-corrected chi connectivity index (χ0v) is 8.94. The number of hydrogen-bond acceptors (Lipinski definition) is 4. The molecule has 0 radical (unpaired) electrons. The van der Waals surface area contributed by atoms with E-state index in [-0.39, 0.29) is 13.0 Å². The maximum Gasteiger partial charge on any atom is 0.309 e. The van der Waals surface area contributed by atoms with E-state index in [1.807, 2.05) is 0 Å². The van der Waals surface area contributed by atoms with E-state index in [1.165, 1.54) is 7.11 Å². The van der Waals surface area contributed by atoms with Crippen LogP contribution in [0.25, 0.3) is 0 Å². The van der Waals surface area contributed by atoms with Gasteiger partial charge in [-0.1, -0.05) is 0 Å². The van der Waals surface area contributed by atoms with Crippen molar-refractivity contribution in [3.05, 3.63) is 0 Å². The van der Waals surface area contributed by atoms with Gasteiger partial charge in [-0.05, 0) is 19.3 Å². The molecule has 0 bridgehead atoms. The van der Waals surface area contributed by atoms with Crippen molar-refractivity contribution in [1.82, 2.24) is 0 Å². The Kier molecular flexibility index (Phi) is 4.50. The van der Waals surface area contributed by atoms with Crippen LogP contribution in [0.1, 0.15) is 19.3 Å². The summed E-state index contributed by atoms with van der Waals surface area (Å²) in [6.45, 7) is 1.08. The SMILES string of the molecule is COCC(O)CC1(C(=O)O)CCOCC1. The molecule has 2 N–H and O–H groups in total. The number of aliphatic hydroxyl groups excluding tert-OH is 1. The van der Waals surface area contributed by atoms with Gasteiger partial charge in [0.15, 0.2) is 0 Å². The molecule has 0 saturated carbocycles. The molecule has 15 heavy (non-hydrogen) atoms. The fraction of sp³-hybridized carbons (Fsp3) is 0.900. The Morgan fingerprint density at radius 1 is 1.53 bits per heavy atom. The third kappa shape index (κ3) is 3.15. The van der Waals surface area contributed by atoms with Gasteiger partial charge in [0.1, 0.15) is 0 Å². The highest BCUT2D eigenvalue weighted by molar-refractivity contribution is 5.74. The normalized spacial score (nSPS) is 22.3. The fourth-order valence-corrected chi connectivity index (χ4v) is 1.97. The monoisotopic (exact) mass is 218 g/mol. The van der Waals surface area contributed by atoms with E-state index < -0.39 is 17.5 Å². The number of carboxylic acid groups (broad SMARTS) is 1. The third-order valence-corrected chi connectivity index (χ3v) is 2.89. The highest BCUT2D eigenvalue weighted by Crippen LogP contribution is 2.35. The molecule has 5 nitrogen and oxygen atoms in total. The minimum Gasteiger partial charge on any atom is -0.481 e. The molecule has 0 aliphatic carbocycles. The lowest BCUT2D eigenvalue weighted by Gasteiger charge is -2.34. The second-order valence-electron chi connectivity index (χ2n) is 4.01. The van der Waals surface area contributed by atoms with Crippen molar-refractivity contribution < 1.29 is 24.5 Å². The average Bonchev–Trinajstić information content (AvgIpc) is 2.19. The maximum atomic E-state index is 11.2. The lowest BCUT2D eigenvalue weighted by atomic mass is 9.76. The van der Waals surface area contributed by atoms with Crippen molar-refractivity contribution >= 4 is 5.97 Å². The Hall–Kier alpha value is -0.650. The summed E-state index contributed by atoms with van der Waals surface area (Å²) in [6.07, 6.45) is 0.440. The molecule has 1 aliphatic heterocycles. The highest BCUT2D eigenvalue weighted by Gasteiger charge is 2.41. The summed E-state index contributed by atoms with van der Waals surface area (Å²) in [5.41, 5.74) is -0.837. The van der Waals surface area contributed by atoms with Crippen LogP contribution in [0.5, 0.6) is 0 Å². The van der Waals surface area contributed by atoms with Gasteiger partial charge >= 0.3 is 5.97 Å². The van der Waals surface area contributed by atoms with Crippen LogP contribution in [0.3, 0.4) is 0 Å². The topological polar surface area (TPSA) is 76.0 Å². The van der Waals surface area contributed by atoms with E-state index in [0.29, 0.717) is 26.1 Å². The molecule has 88 valence electrons. The first-order chi connectivity index (χ1) is 7.10. The summed E-state index contributed by atoms with van der Waals surface area (Å²) in [5, 5.41) is 18.8. The molecule has 0 spiro atoms. The molecule has 5 heteroatoms. The van der Waals surface area contributed by atoms with Gasteiger partial charge in [0.2, 0.25) is 0 Å². The number of aliphatic hydroxyl groups is 1. The fourth-order valence-electron chi connectivity index (χ4n) is 1.97. The molecule has 1 saturated heterocycles. The van der Waals surface area contributed by atoms with Crippen LogP contribution in [0.2, 0.25) is 0 Å². The largest absolute Gasteiger partial charge is 0.481 e. The third-order valence-electron chi connectivity index (χ3n) is 2.89. The van der Waals surface area contributed by atoms with E-state index in [9.17, 15) is 15.0 Å². The van der Waals surface area contributed by atoms with E-state index in [1.54, 1.807) is 0 Å². The standard InChI is InChI=1S/C10H18O5/c1-14-7-8(11)6-10(9(12)13)2-4-15-5-3-10/h8,11H,2-7H2,1H3,(H,12,13). The molecule has 1 atom stereocenters. The van der Waals surface area contributed by atoms with Crippen LogP contribution in [-0.4, -0.2) is 49.2 Å². The van der Waals surface area contributed by atoms with Crippen LogP contribution in [0, 0.1) is 5.41 Å².